The molecular formula is C9H20OY-2. The van der Waals surface area contributed by atoms with Crippen molar-refractivity contribution in [3.05, 3.63) is 13.8 Å². The molecule has 0 bridgehead atoms. The van der Waals surface area contributed by atoms with Gasteiger partial charge in [-0.05, 0) is 20.8 Å². The van der Waals surface area contributed by atoms with Gasteiger partial charge in [0.2, 0.25) is 0 Å². The average Bonchev–Trinajstić information content (AvgIpc) is 1.63. The molecule has 0 aliphatic carbocycles. The van der Waals surface area contributed by atoms with Gasteiger partial charge in [-0.2, -0.15) is 12.8 Å². The second-order valence-corrected chi connectivity index (χ2v) is 3.23. The van der Waals surface area contributed by atoms with Crippen molar-refractivity contribution in [1.29, 1.82) is 0 Å². The predicted molar refractivity (Wildman–Crippen MR) is 46.5 cm³/mol. The Bertz CT molecular complexity index is 49.1. The quantitative estimate of drug-likeness (QED) is 0.727. The Hall–Kier alpha value is 1.06. The second kappa shape index (κ2) is 11.1. The van der Waals surface area contributed by atoms with E-state index in [0.717, 1.165) is 12.8 Å². The van der Waals surface area contributed by atoms with E-state index in [2.05, 4.69) is 13.8 Å². The first kappa shape index (κ1) is 18.0. The molecule has 11 heavy (non-hydrogen) atoms. The molecule has 0 aliphatic heterocycles. The minimum atomic E-state index is -0.500. The second-order valence-electron chi connectivity index (χ2n) is 3.23. The van der Waals surface area contributed by atoms with Gasteiger partial charge in [0, 0.05) is 32.7 Å². The van der Waals surface area contributed by atoms with E-state index in [0.29, 0.717) is 0 Å². The summed E-state index contributed by atoms with van der Waals surface area (Å²) >= 11 is 0. The standard InChI is InChI=1S/C5H10.C4H10O.Y/c1-3-5-4-2;1-4(2,3)5;/h1-5H2;5H,1-3H3;/q-2;;. The summed E-state index contributed by atoms with van der Waals surface area (Å²) in [6, 6.07) is 0. The molecule has 0 aliphatic rings. The van der Waals surface area contributed by atoms with E-state index in [-0.39, 0.29) is 32.7 Å². The van der Waals surface area contributed by atoms with Crippen LogP contribution in [0.2, 0.25) is 0 Å². The third kappa shape index (κ3) is 96.8. The third-order valence-corrected chi connectivity index (χ3v) is 0.500. The van der Waals surface area contributed by atoms with Crippen LogP contribution in [0.4, 0.5) is 0 Å². The molecule has 0 spiro atoms. The summed E-state index contributed by atoms with van der Waals surface area (Å²) in [4.78, 5) is 0. The number of aliphatic hydroxyl groups is 1. The van der Waals surface area contributed by atoms with Crippen molar-refractivity contribution < 1.29 is 37.8 Å². The van der Waals surface area contributed by atoms with Gasteiger partial charge in [-0.1, -0.05) is 0 Å². The van der Waals surface area contributed by atoms with Crippen LogP contribution in [-0.2, 0) is 32.7 Å². The summed E-state index contributed by atoms with van der Waals surface area (Å²) in [5, 5.41) is 8.52. The first-order chi connectivity index (χ1) is 4.41. The van der Waals surface area contributed by atoms with Crippen LogP contribution in [0.3, 0.4) is 0 Å². The minimum Gasteiger partial charge on any atom is -0.391 e. The fraction of sp³-hybridized carbons (Fsp3) is 0.778. The van der Waals surface area contributed by atoms with Crippen molar-refractivity contribution >= 4 is 0 Å². The molecule has 0 atom stereocenters. The monoisotopic (exact) mass is 233 g/mol. The molecule has 67 valence electrons. The molecule has 1 N–H and O–H groups in total. The molecule has 1 nitrogen and oxygen atoms in total. The fourth-order valence-corrected chi connectivity index (χ4v) is 0.177. The van der Waals surface area contributed by atoms with E-state index in [9.17, 15) is 0 Å². The van der Waals surface area contributed by atoms with Crippen molar-refractivity contribution in [2.45, 2.75) is 45.6 Å². The van der Waals surface area contributed by atoms with E-state index in [1.54, 1.807) is 20.8 Å². The number of hydrogen-bond acceptors (Lipinski definition) is 1. The summed E-state index contributed by atoms with van der Waals surface area (Å²) in [6.07, 6.45) is 3.23. The van der Waals surface area contributed by atoms with Crippen LogP contribution in [0.1, 0.15) is 40.0 Å². The zero-order valence-electron chi connectivity index (χ0n) is 8.06. The number of rotatable bonds is 2. The third-order valence-electron chi connectivity index (χ3n) is 0.500. The fourth-order valence-electron chi connectivity index (χ4n) is 0.177. The van der Waals surface area contributed by atoms with Gasteiger partial charge in [-0.15, -0.1) is 6.42 Å². The van der Waals surface area contributed by atoms with Gasteiger partial charge in [0.05, 0.1) is 5.60 Å². The van der Waals surface area contributed by atoms with Crippen LogP contribution in [0.15, 0.2) is 0 Å². The van der Waals surface area contributed by atoms with Crippen molar-refractivity contribution in [2.24, 2.45) is 0 Å². The molecule has 0 aromatic carbocycles. The van der Waals surface area contributed by atoms with Crippen LogP contribution in [-0.4, -0.2) is 10.7 Å². The molecule has 0 saturated carbocycles. The molecule has 0 saturated heterocycles. The van der Waals surface area contributed by atoms with Crippen molar-refractivity contribution in [3.8, 4) is 0 Å². The van der Waals surface area contributed by atoms with Crippen LogP contribution in [0.5, 0.6) is 0 Å². The van der Waals surface area contributed by atoms with Crippen molar-refractivity contribution in [2.75, 3.05) is 0 Å². The molecule has 0 aromatic heterocycles. The van der Waals surface area contributed by atoms with E-state index in [1.807, 2.05) is 0 Å². The van der Waals surface area contributed by atoms with E-state index in [4.69, 9.17) is 5.11 Å². The van der Waals surface area contributed by atoms with Crippen LogP contribution in [0, 0.1) is 13.8 Å². The Morgan fingerprint density at radius 1 is 1.09 bits per heavy atom. The maximum Gasteiger partial charge on any atom is 0.0563 e. The van der Waals surface area contributed by atoms with Gasteiger partial charge < -0.3 is 19.0 Å². The van der Waals surface area contributed by atoms with Crippen LogP contribution >= 0.6 is 0 Å². The van der Waals surface area contributed by atoms with Gasteiger partial charge in [-0.25, -0.2) is 0 Å². The van der Waals surface area contributed by atoms with E-state index in [1.165, 1.54) is 6.42 Å². The van der Waals surface area contributed by atoms with Gasteiger partial charge >= 0.3 is 0 Å². The Morgan fingerprint density at radius 2 is 1.27 bits per heavy atom. The smallest absolute Gasteiger partial charge is 0.0563 e. The van der Waals surface area contributed by atoms with Crippen LogP contribution in [0.25, 0.3) is 0 Å². The van der Waals surface area contributed by atoms with Crippen molar-refractivity contribution in [3.63, 3.8) is 0 Å². The molecule has 0 amide bonds. The summed E-state index contributed by atoms with van der Waals surface area (Å²) in [7, 11) is 0. The Morgan fingerprint density at radius 3 is 1.27 bits per heavy atom. The summed E-state index contributed by atoms with van der Waals surface area (Å²) in [5.74, 6) is 0. The maximum atomic E-state index is 8.52. The Kier molecular flexibility index (Phi) is 18.1. The first-order valence-corrected chi connectivity index (χ1v) is 3.72. The summed E-state index contributed by atoms with van der Waals surface area (Å²) < 4.78 is 0. The SMILES string of the molecule is CC(C)(C)O.[CH2-]CCC[CH2-].[Y]. The molecule has 0 unspecified atom stereocenters. The number of hydrogen-bond donors (Lipinski definition) is 1. The largest absolute Gasteiger partial charge is 0.391 e. The Labute approximate surface area is 96.8 Å². The zero-order chi connectivity index (χ0) is 8.62. The van der Waals surface area contributed by atoms with Crippen LogP contribution < -0.4 is 0 Å². The molecule has 1 radical (unpaired) electrons. The first-order valence-electron chi connectivity index (χ1n) is 3.72. The molecule has 0 rings (SSSR count). The topological polar surface area (TPSA) is 20.2 Å². The number of unbranched alkanes of at least 4 members (excludes halogenated alkanes) is 2. The van der Waals surface area contributed by atoms with Gasteiger partial charge in [0.1, 0.15) is 0 Å². The molecular weight excluding hydrogens is 213 g/mol. The molecule has 0 aromatic rings. The molecule has 2 heteroatoms. The zero-order valence-corrected chi connectivity index (χ0v) is 10.9. The van der Waals surface area contributed by atoms with E-state index < -0.39 is 5.60 Å². The maximum absolute atomic E-state index is 8.52. The van der Waals surface area contributed by atoms with Gasteiger partial charge in [0.15, 0.2) is 0 Å². The normalized spacial score (nSPS) is 9.27. The minimum absolute atomic E-state index is 0. The predicted octanol–water partition coefficient (Wildman–Crippen LogP) is 2.60. The average molecular weight is 233 g/mol. The van der Waals surface area contributed by atoms with Crippen molar-refractivity contribution in [1.82, 2.24) is 0 Å². The Balaban J connectivity index is -0.000000107. The summed E-state index contributed by atoms with van der Waals surface area (Å²) in [6.45, 7) is 12.5. The molecule has 0 heterocycles. The van der Waals surface area contributed by atoms with Gasteiger partial charge in [-0.3, -0.25) is 0 Å². The van der Waals surface area contributed by atoms with Gasteiger partial charge in [0.25, 0.3) is 0 Å². The summed E-state index contributed by atoms with van der Waals surface area (Å²) in [5.41, 5.74) is -0.500. The van der Waals surface area contributed by atoms with E-state index >= 15 is 0 Å². The molecule has 0 fully saturated rings.